The molecule has 0 unspecified atom stereocenters. The van der Waals surface area contributed by atoms with E-state index in [-0.39, 0.29) is 12.3 Å². The van der Waals surface area contributed by atoms with Crippen LogP contribution in [0.1, 0.15) is 21.9 Å². The SMILES string of the molecule is Cc1nc(C(=O)OCc2ccccc2)co1. The Hall–Kier alpha value is -2.10. The zero-order chi connectivity index (χ0) is 11.4. The minimum absolute atomic E-state index is 0.202. The Morgan fingerprint density at radius 2 is 2.12 bits per heavy atom. The van der Waals surface area contributed by atoms with Crippen LogP contribution in [-0.4, -0.2) is 11.0 Å². The molecule has 0 amide bonds. The lowest BCUT2D eigenvalue weighted by Crippen LogP contribution is -2.05. The van der Waals surface area contributed by atoms with Gasteiger partial charge in [0, 0.05) is 6.92 Å². The van der Waals surface area contributed by atoms with E-state index < -0.39 is 5.97 Å². The lowest BCUT2D eigenvalue weighted by Gasteiger charge is -2.01. The number of nitrogens with zero attached hydrogens (tertiary/aromatic N) is 1. The maximum Gasteiger partial charge on any atom is 0.360 e. The third-order valence-electron chi connectivity index (χ3n) is 2.04. The molecule has 4 nitrogen and oxygen atoms in total. The number of aromatic nitrogens is 1. The molecule has 1 heterocycles. The van der Waals surface area contributed by atoms with Crippen LogP contribution in [0.2, 0.25) is 0 Å². The Morgan fingerprint density at radius 1 is 1.38 bits per heavy atom. The number of aryl methyl sites for hydroxylation is 1. The van der Waals surface area contributed by atoms with Crippen molar-refractivity contribution in [3.05, 3.63) is 53.7 Å². The highest BCUT2D eigenvalue weighted by Crippen LogP contribution is 2.06. The molecule has 0 radical (unpaired) electrons. The predicted octanol–water partition coefficient (Wildman–Crippen LogP) is 2.34. The largest absolute Gasteiger partial charge is 0.456 e. The van der Waals surface area contributed by atoms with Crippen molar-refractivity contribution in [3.63, 3.8) is 0 Å². The summed E-state index contributed by atoms with van der Waals surface area (Å²) >= 11 is 0. The van der Waals surface area contributed by atoms with Crippen molar-refractivity contribution in [2.75, 3.05) is 0 Å². The average molecular weight is 217 g/mol. The Balaban J connectivity index is 1.94. The number of hydrogen-bond donors (Lipinski definition) is 0. The van der Waals surface area contributed by atoms with E-state index in [4.69, 9.17) is 9.15 Å². The highest BCUT2D eigenvalue weighted by molar-refractivity contribution is 5.86. The van der Waals surface area contributed by atoms with Gasteiger partial charge in [0.15, 0.2) is 11.6 Å². The minimum atomic E-state index is -0.472. The first-order valence-corrected chi connectivity index (χ1v) is 4.89. The molecule has 0 saturated heterocycles. The standard InChI is InChI=1S/C12H11NO3/c1-9-13-11(8-15-9)12(14)16-7-10-5-3-2-4-6-10/h2-6,8H,7H2,1H3. The van der Waals surface area contributed by atoms with Crippen molar-refractivity contribution in [3.8, 4) is 0 Å². The van der Waals surface area contributed by atoms with E-state index in [1.54, 1.807) is 6.92 Å². The van der Waals surface area contributed by atoms with Crippen molar-refractivity contribution in [2.45, 2.75) is 13.5 Å². The molecule has 2 rings (SSSR count). The maximum absolute atomic E-state index is 11.5. The predicted molar refractivity (Wildman–Crippen MR) is 56.8 cm³/mol. The van der Waals surface area contributed by atoms with Gasteiger partial charge < -0.3 is 9.15 Å². The molecule has 2 aromatic rings. The average Bonchev–Trinajstić information content (AvgIpc) is 2.74. The quantitative estimate of drug-likeness (QED) is 0.740. The van der Waals surface area contributed by atoms with Crippen LogP contribution < -0.4 is 0 Å². The van der Waals surface area contributed by atoms with Crippen LogP contribution in [0, 0.1) is 6.92 Å². The first kappa shape index (κ1) is 10.4. The van der Waals surface area contributed by atoms with E-state index in [0.717, 1.165) is 5.56 Å². The molecule has 82 valence electrons. The number of carbonyl (C=O) groups excluding carboxylic acids is 1. The molecule has 0 aliphatic carbocycles. The van der Waals surface area contributed by atoms with E-state index in [9.17, 15) is 4.79 Å². The summed E-state index contributed by atoms with van der Waals surface area (Å²) in [6.45, 7) is 1.92. The second-order valence-electron chi connectivity index (χ2n) is 3.31. The second kappa shape index (κ2) is 4.61. The molecule has 0 bridgehead atoms. The summed E-state index contributed by atoms with van der Waals surface area (Å²) in [5.41, 5.74) is 1.14. The third-order valence-corrected chi connectivity index (χ3v) is 2.04. The van der Waals surface area contributed by atoms with E-state index in [1.807, 2.05) is 30.3 Å². The van der Waals surface area contributed by atoms with Gasteiger partial charge in [0.05, 0.1) is 0 Å². The van der Waals surface area contributed by atoms with E-state index in [2.05, 4.69) is 4.98 Å². The maximum atomic E-state index is 11.5. The van der Waals surface area contributed by atoms with Gasteiger partial charge in [0.2, 0.25) is 0 Å². The fraction of sp³-hybridized carbons (Fsp3) is 0.167. The third kappa shape index (κ3) is 2.48. The summed E-state index contributed by atoms with van der Waals surface area (Å²) < 4.78 is 9.99. The first-order valence-electron chi connectivity index (χ1n) is 4.89. The molecule has 1 aromatic carbocycles. The minimum Gasteiger partial charge on any atom is -0.456 e. The van der Waals surface area contributed by atoms with Crippen LogP contribution in [0.4, 0.5) is 0 Å². The summed E-state index contributed by atoms with van der Waals surface area (Å²) in [6.07, 6.45) is 1.29. The van der Waals surface area contributed by atoms with Gasteiger partial charge in [0.25, 0.3) is 0 Å². The lowest BCUT2D eigenvalue weighted by atomic mass is 10.2. The smallest absolute Gasteiger partial charge is 0.360 e. The molecule has 1 aromatic heterocycles. The second-order valence-corrected chi connectivity index (χ2v) is 3.31. The topological polar surface area (TPSA) is 52.3 Å². The van der Waals surface area contributed by atoms with Gasteiger partial charge in [-0.3, -0.25) is 0 Å². The molecule has 0 fully saturated rings. The van der Waals surface area contributed by atoms with E-state index in [1.165, 1.54) is 6.26 Å². The normalized spacial score (nSPS) is 10.1. The molecular formula is C12H11NO3. The van der Waals surface area contributed by atoms with E-state index >= 15 is 0 Å². The van der Waals surface area contributed by atoms with Gasteiger partial charge in [-0.15, -0.1) is 0 Å². The van der Waals surface area contributed by atoms with Gasteiger partial charge in [-0.2, -0.15) is 0 Å². The molecule has 0 saturated carbocycles. The van der Waals surface area contributed by atoms with Crippen molar-refractivity contribution in [2.24, 2.45) is 0 Å². The van der Waals surface area contributed by atoms with Crippen LogP contribution in [0.25, 0.3) is 0 Å². The number of hydrogen-bond acceptors (Lipinski definition) is 4. The van der Waals surface area contributed by atoms with Crippen molar-refractivity contribution in [1.29, 1.82) is 0 Å². The van der Waals surface area contributed by atoms with Gasteiger partial charge in [-0.1, -0.05) is 30.3 Å². The molecule has 4 heteroatoms. The fourth-order valence-corrected chi connectivity index (χ4v) is 1.25. The molecule has 0 spiro atoms. The molecule has 0 aliphatic heterocycles. The summed E-state index contributed by atoms with van der Waals surface area (Å²) in [4.78, 5) is 15.4. The first-order chi connectivity index (χ1) is 7.75. The number of carbonyl (C=O) groups is 1. The number of oxazole rings is 1. The molecule has 0 atom stereocenters. The highest BCUT2D eigenvalue weighted by Gasteiger charge is 2.11. The summed E-state index contributed by atoms with van der Waals surface area (Å²) in [5.74, 6) is -0.0210. The summed E-state index contributed by atoms with van der Waals surface area (Å²) in [6, 6.07) is 9.47. The number of esters is 1. The Morgan fingerprint density at radius 3 is 2.75 bits per heavy atom. The monoisotopic (exact) mass is 217 g/mol. The summed E-state index contributed by atoms with van der Waals surface area (Å²) in [5, 5.41) is 0. The van der Waals surface area contributed by atoms with Crippen LogP contribution in [-0.2, 0) is 11.3 Å². The number of benzene rings is 1. The Labute approximate surface area is 92.9 Å². The van der Waals surface area contributed by atoms with Crippen LogP contribution in [0.3, 0.4) is 0 Å². The van der Waals surface area contributed by atoms with Crippen LogP contribution >= 0.6 is 0 Å². The fourth-order valence-electron chi connectivity index (χ4n) is 1.25. The van der Waals surface area contributed by atoms with Crippen molar-refractivity contribution in [1.82, 2.24) is 4.98 Å². The van der Waals surface area contributed by atoms with E-state index in [0.29, 0.717) is 5.89 Å². The number of rotatable bonds is 3. The number of ether oxygens (including phenoxy) is 1. The molecular weight excluding hydrogens is 206 g/mol. The molecule has 16 heavy (non-hydrogen) atoms. The Bertz CT molecular complexity index is 476. The Kier molecular flexibility index (Phi) is 3.00. The zero-order valence-corrected chi connectivity index (χ0v) is 8.84. The molecule has 0 N–H and O–H groups in total. The lowest BCUT2D eigenvalue weighted by molar-refractivity contribution is 0.0465. The van der Waals surface area contributed by atoms with Crippen LogP contribution in [0.15, 0.2) is 41.0 Å². The van der Waals surface area contributed by atoms with Crippen molar-refractivity contribution >= 4 is 5.97 Å². The highest BCUT2D eigenvalue weighted by atomic mass is 16.5. The summed E-state index contributed by atoms with van der Waals surface area (Å²) in [7, 11) is 0. The molecule has 0 aliphatic rings. The van der Waals surface area contributed by atoms with Crippen LogP contribution in [0.5, 0.6) is 0 Å². The van der Waals surface area contributed by atoms with Gasteiger partial charge >= 0.3 is 5.97 Å². The van der Waals surface area contributed by atoms with Gasteiger partial charge in [-0.25, -0.2) is 9.78 Å². The van der Waals surface area contributed by atoms with Gasteiger partial charge in [-0.05, 0) is 5.56 Å². The van der Waals surface area contributed by atoms with Gasteiger partial charge in [0.1, 0.15) is 12.9 Å². The van der Waals surface area contributed by atoms with Crippen molar-refractivity contribution < 1.29 is 13.9 Å². The zero-order valence-electron chi connectivity index (χ0n) is 8.84.